The van der Waals surface area contributed by atoms with Gasteiger partial charge in [0, 0.05) is 43.2 Å². The zero-order valence-electron chi connectivity index (χ0n) is 35.7. The number of phenolic OH excluding ortho intramolecular Hbond substituents is 1. The topological polar surface area (TPSA) is 182 Å². The number of aliphatic hydroxyl groups excluding tert-OH is 1. The standard InChI is InChI=1S/C51H55N5O8/c57-44-20-18-42(43-19-21-46(59)55-49(43)44)45(58)31-52-25-22-35-14-16-39(17-15-35)50(61)54-27-26-53-47(60)34-63-41-13-7-12-40(30-41)48(38-10-5-2-6-11-38)51(62)64-33-37-23-28-56(29-24-37)32-36-8-3-1-4-9-36/h1-21,30,37,45,48,52,57-58H,22-29,31-34H2,(H,53,60)(H,54,61)(H,55,59). The van der Waals surface area contributed by atoms with Gasteiger partial charge in [0.1, 0.15) is 17.4 Å². The monoisotopic (exact) mass is 865 g/mol. The lowest BCUT2D eigenvalue weighted by Crippen LogP contribution is -2.36. The maximum Gasteiger partial charge on any atom is 0.317 e. The number of piperidine rings is 1. The summed E-state index contributed by atoms with van der Waals surface area (Å²) in [6.45, 7) is 4.22. The van der Waals surface area contributed by atoms with Gasteiger partial charge in [0.15, 0.2) is 6.61 Å². The molecule has 13 heteroatoms. The highest BCUT2D eigenvalue weighted by Gasteiger charge is 2.27. The zero-order valence-corrected chi connectivity index (χ0v) is 35.7. The smallest absolute Gasteiger partial charge is 0.317 e. The van der Waals surface area contributed by atoms with Gasteiger partial charge in [-0.25, -0.2) is 0 Å². The van der Waals surface area contributed by atoms with Crippen LogP contribution in [0, 0.1) is 5.92 Å². The van der Waals surface area contributed by atoms with Crippen molar-refractivity contribution < 1.29 is 34.1 Å². The molecule has 0 spiro atoms. The Morgan fingerprint density at radius 1 is 0.766 bits per heavy atom. The maximum atomic E-state index is 13.7. The van der Waals surface area contributed by atoms with Crippen LogP contribution in [0.3, 0.4) is 0 Å². The van der Waals surface area contributed by atoms with Gasteiger partial charge in [-0.2, -0.15) is 0 Å². The highest BCUT2D eigenvalue weighted by Crippen LogP contribution is 2.31. The molecule has 13 nitrogen and oxygen atoms in total. The molecule has 0 radical (unpaired) electrons. The number of ether oxygens (including phenoxy) is 2. The molecule has 1 aliphatic heterocycles. The third-order valence-electron chi connectivity index (χ3n) is 11.5. The molecule has 64 heavy (non-hydrogen) atoms. The third-order valence-corrected chi connectivity index (χ3v) is 11.5. The number of benzene rings is 5. The number of hydrogen-bond acceptors (Lipinski definition) is 10. The number of phenols is 1. The van der Waals surface area contributed by atoms with E-state index in [4.69, 9.17) is 9.47 Å². The number of pyridine rings is 1. The summed E-state index contributed by atoms with van der Waals surface area (Å²) in [4.78, 5) is 56.0. The fourth-order valence-electron chi connectivity index (χ4n) is 7.96. The number of H-pyrrole nitrogens is 1. The number of carbonyl (C=O) groups is 3. The molecule has 0 saturated carbocycles. The molecular weight excluding hydrogens is 811 g/mol. The van der Waals surface area contributed by atoms with E-state index in [-0.39, 0.29) is 60.9 Å². The quantitative estimate of drug-likeness (QED) is 0.0417. The fraction of sp³-hybridized carbons (Fsp3) is 0.294. The normalized spacial score (nSPS) is 14.1. The number of likely N-dealkylation sites (tertiary alicyclic amines) is 1. The van der Waals surface area contributed by atoms with E-state index in [9.17, 15) is 29.4 Å². The molecule has 7 rings (SSSR count). The maximum absolute atomic E-state index is 13.7. The number of aromatic hydroxyl groups is 1. The van der Waals surface area contributed by atoms with Crippen LogP contribution in [0.4, 0.5) is 0 Å². The van der Waals surface area contributed by atoms with Crippen LogP contribution in [0.25, 0.3) is 10.9 Å². The van der Waals surface area contributed by atoms with Gasteiger partial charge in [-0.05, 0) is 109 Å². The van der Waals surface area contributed by atoms with Crippen molar-refractivity contribution >= 4 is 28.7 Å². The van der Waals surface area contributed by atoms with Crippen LogP contribution < -0.4 is 26.2 Å². The van der Waals surface area contributed by atoms with E-state index in [0.29, 0.717) is 53.3 Å². The number of esters is 1. The lowest BCUT2D eigenvalue weighted by Gasteiger charge is -2.32. The predicted octanol–water partition coefficient (Wildman–Crippen LogP) is 5.61. The summed E-state index contributed by atoms with van der Waals surface area (Å²) in [5.41, 5.74) is 4.83. The van der Waals surface area contributed by atoms with E-state index in [2.05, 4.69) is 50.1 Å². The molecule has 6 aromatic rings. The van der Waals surface area contributed by atoms with E-state index in [1.165, 1.54) is 17.7 Å². The van der Waals surface area contributed by atoms with Crippen LogP contribution in [-0.4, -0.2) is 90.4 Å². The molecule has 2 atom stereocenters. The van der Waals surface area contributed by atoms with Gasteiger partial charge in [0.25, 0.3) is 11.8 Å². The molecular formula is C51H55N5O8. The second-order valence-corrected chi connectivity index (χ2v) is 16.1. The average molecular weight is 866 g/mol. The predicted molar refractivity (Wildman–Crippen MR) is 245 cm³/mol. The van der Waals surface area contributed by atoms with Gasteiger partial charge >= 0.3 is 5.97 Å². The number of nitrogens with one attached hydrogen (secondary N) is 4. The van der Waals surface area contributed by atoms with Gasteiger partial charge in [-0.1, -0.05) is 91.0 Å². The minimum Gasteiger partial charge on any atom is -0.506 e. The molecule has 6 N–H and O–H groups in total. The number of aromatic amines is 1. The number of aliphatic hydroxyl groups is 1. The Hall–Kier alpha value is -6.80. The van der Waals surface area contributed by atoms with E-state index in [1.54, 1.807) is 42.5 Å². The summed E-state index contributed by atoms with van der Waals surface area (Å²) >= 11 is 0. The molecule has 0 bridgehead atoms. The van der Waals surface area contributed by atoms with Gasteiger partial charge < -0.3 is 40.6 Å². The summed E-state index contributed by atoms with van der Waals surface area (Å²) in [5, 5.41) is 30.3. The number of carbonyl (C=O) groups excluding carboxylic acids is 3. The molecule has 1 aromatic heterocycles. The first-order chi connectivity index (χ1) is 31.2. The number of rotatable bonds is 20. The zero-order chi connectivity index (χ0) is 44.7. The van der Waals surface area contributed by atoms with Crippen molar-refractivity contribution in [3.05, 3.63) is 177 Å². The van der Waals surface area contributed by atoms with Gasteiger partial charge in [0.05, 0.1) is 18.2 Å². The highest BCUT2D eigenvalue weighted by molar-refractivity contribution is 5.94. The second-order valence-electron chi connectivity index (χ2n) is 16.1. The number of hydrogen-bond donors (Lipinski definition) is 6. The molecule has 5 aromatic carbocycles. The number of amides is 2. The van der Waals surface area contributed by atoms with Crippen molar-refractivity contribution in [3.8, 4) is 11.5 Å². The van der Waals surface area contributed by atoms with Gasteiger partial charge in [0.2, 0.25) is 5.56 Å². The Bertz CT molecular complexity index is 2530. The minimum atomic E-state index is -0.859. The average Bonchev–Trinajstić information content (AvgIpc) is 3.32. The molecule has 1 aliphatic rings. The van der Waals surface area contributed by atoms with Crippen LogP contribution in [0.2, 0.25) is 0 Å². The lowest BCUT2D eigenvalue weighted by molar-refractivity contribution is -0.146. The van der Waals surface area contributed by atoms with E-state index >= 15 is 0 Å². The molecule has 2 amide bonds. The Labute approximate surface area is 372 Å². The summed E-state index contributed by atoms with van der Waals surface area (Å²) in [5.74, 6) is -0.925. The van der Waals surface area contributed by atoms with E-state index in [0.717, 1.165) is 43.6 Å². The largest absolute Gasteiger partial charge is 0.506 e. The van der Waals surface area contributed by atoms with E-state index < -0.39 is 12.0 Å². The first-order valence-corrected chi connectivity index (χ1v) is 21.8. The Morgan fingerprint density at radius 2 is 1.48 bits per heavy atom. The van der Waals surface area contributed by atoms with Crippen LogP contribution in [0.1, 0.15) is 63.0 Å². The molecule has 1 fully saturated rings. The number of fused-ring (bicyclic) bond motifs is 1. The van der Waals surface area contributed by atoms with Crippen molar-refractivity contribution in [2.45, 2.75) is 37.8 Å². The van der Waals surface area contributed by atoms with Gasteiger partial charge in [-0.3, -0.25) is 24.1 Å². The Morgan fingerprint density at radius 3 is 2.25 bits per heavy atom. The fourth-order valence-corrected chi connectivity index (χ4v) is 7.96. The molecule has 0 aliphatic carbocycles. The minimum absolute atomic E-state index is 0.0618. The Balaban J connectivity index is 0.805. The molecule has 332 valence electrons. The first-order valence-electron chi connectivity index (χ1n) is 21.8. The van der Waals surface area contributed by atoms with Crippen LogP contribution in [-0.2, 0) is 27.3 Å². The van der Waals surface area contributed by atoms with Crippen LogP contribution in [0.5, 0.6) is 11.5 Å². The summed E-state index contributed by atoms with van der Waals surface area (Å²) in [6.07, 6.45) is 1.73. The molecule has 2 heterocycles. The van der Waals surface area contributed by atoms with Gasteiger partial charge in [-0.15, -0.1) is 0 Å². The molecule has 1 saturated heterocycles. The SMILES string of the molecule is O=C(COc1cccc(C(C(=O)OCC2CCN(Cc3ccccc3)CC2)c2ccccc2)c1)NCCNC(=O)c1ccc(CCNCC(O)c2ccc(O)c3[nH]c(=O)ccc23)cc1. The highest BCUT2D eigenvalue weighted by atomic mass is 16.5. The first kappa shape index (κ1) is 45.2. The Kier molecular flexibility index (Phi) is 15.9. The summed E-state index contributed by atoms with van der Waals surface area (Å²) in [7, 11) is 0. The third kappa shape index (κ3) is 12.7. The van der Waals surface area contributed by atoms with E-state index in [1.807, 2.05) is 54.6 Å². The van der Waals surface area contributed by atoms with Crippen molar-refractivity contribution in [2.24, 2.45) is 5.92 Å². The molecule has 2 unspecified atom stereocenters. The summed E-state index contributed by atoms with van der Waals surface area (Å²) < 4.78 is 11.8. The van der Waals surface area contributed by atoms with Crippen LogP contribution in [0.15, 0.2) is 138 Å². The van der Waals surface area contributed by atoms with Crippen molar-refractivity contribution in [1.29, 1.82) is 0 Å². The van der Waals surface area contributed by atoms with Crippen molar-refractivity contribution in [3.63, 3.8) is 0 Å². The summed E-state index contributed by atoms with van der Waals surface area (Å²) in [6, 6.07) is 40.4. The van der Waals surface area contributed by atoms with Crippen molar-refractivity contribution in [2.75, 3.05) is 52.5 Å². The second kappa shape index (κ2) is 22.5. The van der Waals surface area contributed by atoms with Crippen molar-refractivity contribution in [1.82, 2.24) is 25.8 Å². The lowest BCUT2D eigenvalue weighted by atomic mass is 9.91. The number of nitrogens with zero attached hydrogens (tertiary/aromatic N) is 1. The number of aromatic nitrogens is 1. The van der Waals surface area contributed by atoms with Crippen LogP contribution >= 0.6 is 0 Å².